The highest BCUT2D eigenvalue weighted by atomic mass is 19.1. The lowest BCUT2D eigenvalue weighted by molar-refractivity contribution is 0.214. The predicted molar refractivity (Wildman–Crippen MR) is 82.2 cm³/mol. The molecule has 0 aliphatic heterocycles. The van der Waals surface area contributed by atoms with Crippen LogP contribution in [-0.2, 0) is 0 Å². The Morgan fingerprint density at radius 3 is 2.70 bits per heavy atom. The molecule has 2 aromatic heterocycles. The zero-order valence-corrected chi connectivity index (χ0v) is 12.1. The molecule has 1 N–H and O–H groups in total. The molecular formula is C16H12FN3O3. The number of aromatic nitrogens is 2. The van der Waals surface area contributed by atoms with Gasteiger partial charge in [0, 0.05) is 11.4 Å². The zero-order valence-electron chi connectivity index (χ0n) is 12.1. The Bertz CT molecular complexity index is 935. The maximum atomic E-state index is 12.8. The monoisotopic (exact) mass is 313 g/mol. The molecule has 0 spiro atoms. The molecule has 1 aromatic carbocycles. The molecular weight excluding hydrogens is 301 g/mol. The molecule has 0 aliphatic carbocycles. The van der Waals surface area contributed by atoms with Crippen molar-refractivity contribution in [2.75, 3.05) is 5.32 Å². The van der Waals surface area contributed by atoms with Crippen molar-refractivity contribution in [1.82, 2.24) is 9.38 Å². The predicted octanol–water partition coefficient (Wildman–Crippen LogP) is 2.75. The highest BCUT2D eigenvalue weighted by Crippen LogP contribution is 2.11. The quantitative estimate of drug-likeness (QED) is 0.789. The van der Waals surface area contributed by atoms with E-state index in [0.29, 0.717) is 17.0 Å². The zero-order chi connectivity index (χ0) is 16.4. The number of anilines is 1. The van der Waals surface area contributed by atoms with Gasteiger partial charge in [0.25, 0.3) is 0 Å². The number of benzene rings is 1. The molecule has 0 atom stereocenters. The van der Waals surface area contributed by atoms with Crippen molar-refractivity contribution >= 4 is 17.4 Å². The standard InChI is InChI=1S/C16H12FN3O3/c1-10-3-2-4-14-18-9-13(15(21)20(10)14)23-16(22)19-12-7-5-11(17)6-8-12/h2-9H,1H3,(H,19,22). The van der Waals surface area contributed by atoms with Gasteiger partial charge in [-0.15, -0.1) is 0 Å². The van der Waals surface area contributed by atoms with Crippen molar-refractivity contribution in [1.29, 1.82) is 0 Å². The molecule has 0 saturated carbocycles. The van der Waals surface area contributed by atoms with E-state index in [1.165, 1.54) is 34.9 Å². The van der Waals surface area contributed by atoms with Gasteiger partial charge in [-0.1, -0.05) is 6.07 Å². The van der Waals surface area contributed by atoms with Crippen molar-refractivity contribution in [3.8, 4) is 5.75 Å². The van der Waals surface area contributed by atoms with Crippen LogP contribution in [0.3, 0.4) is 0 Å². The summed E-state index contributed by atoms with van der Waals surface area (Å²) in [6.07, 6.45) is 0.338. The van der Waals surface area contributed by atoms with Crippen molar-refractivity contribution in [2.24, 2.45) is 0 Å². The first kappa shape index (κ1) is 14.7. The third kappa shape index (κ3) is 3.03. The minimum atomic E-state index is -0.857. The number of amides is 1. The molecule has 1 amide bonds. The number of hydrogen-bond donors (Lipinski definition) is 1. The molecule has 2 heterocycles. The third-order valence-corrected chi connectivity index (χ3v) is 3.19. The van der Waals surface area contributed by atoms with Gasteiger partial charge in [0.1, 0.15) is 11.5 Å². The van der Waals surface area contributed by atoms with Gasteiger partial charge in [-0.05, 0) is 43.3 Å². The molecule has 6 nitrogen and oxygen atoms in total. The van der Waals surface area contributed by atoms with Gasteiger partial charge < -0.3 is 4.74 Å². The number of nitrogens with one attached hydrogen (secondary N) is 1. The topological polar surface area (TPSA) is 72.7 Å². The van der Waals surface area contributed by atoms with Crippen LogP contribution in [0.4, 0.5) is 14.9 Å². The van der Waals surface area contributed by atoms with Gasteiger partial charge in [0.05, 0.1) is 6.20 Å². The van der Waals surface area contributed by atoms with Crippen molar-refractivity contribution < 1.29 is 13.9 Å². The van der Waals surface area contributed by atoms with Crippen LogP contribution >= 0.6 is 0 Å². The van der Waals surface area contributed by atoms with Crippen LogP contribution < -0.4 is 15.6 Å². The summed E-state index contributed by atoms with van der Waals surface area (Å²) >= 11 is 0. The number of nitrogens with zero attached hydrogens (tertiary/aromatic N) is 2. The molecule has 0 bridgehead atoms. The smallest absolute Gasteiger partial charge is 0.402 e. The highest BCUT2D eigenvalue weighted by molar-refractivity contribution is 5.86. The molecule has 23 heavy (non-hydrogen) atoms. The number of carbonyl (C=O) groups is 1. The summed E-state index contributed by atoms with van der Waals surface area (Å²) in [4.78, 5) is 28.3. The van der Waals surface area contributed by atoms with E-state index in [-0.39, 0.29) is 5.75 Å². The van der Waals surface area contributed by atoms with E-state index in [9.17, 15) is 14.0 Å². The average Bonchev–Trinajstić information content (AvgIpc) is 2.52. The maximum absolute atomic E-state index is 12.8. The SMILES string of the molecule is Cc1cccc2ncc(OC(=O)Nc3ccc(F)cc3)c(=O)n12. The van der Waals surface area contributed by atoms with Gasteiger partial charge in [-0.3, -0.25) is 14.5 Å². The fourth-order valence-corrected chi connectivity index (χ4v) is 2.10. The number of rotatable bonds is 2. The maximum Gasteiger partial charge on any atom is 0.417 e. The van der Waals surface area contributed by atoms with Crippen LogP contribution in [0, 0.1) is 12.7 Å². The summed E-state index contributed by atoms with van der Waals surface area (Å²) < 4.78 is 19.2. The van der Waals surface area contributed by atoms with Gasteiger partial charge >= 0.3 is 11.7 Å². The van der Waals surface area contributed by atoms with Gasteiger partial charge in [-0.2, -0.15) is 0 Å². The molecule has 0 unspecified atom stereocenters. The summed E-state index contributed by atoms with van der Waals surface area (Å²) in [6.45, 7) is 1.75. The summed E-state index contributed by atoms with van der Waals surface area (Å²) in [7, 11) is 0. The normalized spacial score (nSPS) is 10.5. The minimum absolute atomic E-state index is 0.198. The fourth-order valence-electron chi connectivity index (χ4n) is 2.10. The molecule has 3 rings (SSSR count). The Labute approximate surface area is 130 Å². The number of aryl methyl sites for hydroxylation is 1. The Hall–Kier alpha value is -3.22. The largest absolute Gasteiger partial charge is 0.417 e. The van der Waals surface area contributed by atoms with Gasteiger partial charge in [-0.25, -0.2) is 14.2 Å². The number of ether oxygens (including phenoxy) is 1. The lowest BCUT2D eigenvalue weighted by atomic mass is 10.3. The van der Waals surface area contributed by atoms with Crippen molar-refractivity contribution in [3.05, 3.63) is 70.5 Å². The number of halogens is 1. The summed E-state index contributed by atoms with van der Waals surface area (Å²) in [5.74, 6) is -0.618. The first-order chi connectivity index (χ1) is 11.0. The summed E-state index contributed by atoms with van der Waals surface area (Å²) in [6, 6.07) is 10.4. The fraction of sp³-hybridized carbons (Fsp3) is 0.0625. The number of carbonyl (C=O) groups excluding carboxylic acids is 1. The average molecular weight is 313 g/mol. The molecule has 0 aliphatic rings. The second kappa shape index (κ2) is 5.88. The van der Waals surface area contributed by atoms with E-state index in [4.69, 9.17) is 4.74 Å². The Balaban J connectivity index is 1.85. The Morgan fingerprint density at radius 1 is 1.22 bits per heavy atom. The van der Waals surface area contributed by atoms with E-state index in [0.717, 1.165) is 0 Å². The Morgan fingerprint density at radius 2 is 1.96 bits per heavy atom. The summed E-state index contributed by atoms with van der Waals surface area (Å²) in [5, 5.41) is 2.40. The lowest BCUT2D eigenvalue weighted by Gasteiger charge is -2.08. The van der Waals surface area contributed by atoms with Crippen LogP contribution in [0.5, 0.6) is 5.75 Å². The van der Waals surface area contributed by atoms with Crippen LogP contribution in [0.2, 0.25) is 0 Å². The van der Waals surface area contributed by atoms with Crippen LogP contribution in [-0.4, -0.2) is 15.5 Å². The second-order valence-corrected chi connectivity index (χ2v) is 4.81. The first-order valence-corrected chi connectivity index (χ1v) is 6.76. The minimum Gasteiger partial charge on any atom is -0.402 e. The molecule has 116 valence electrons. The van der Waals surface area contributed by atoms with E-state index < -0.39 is 17.5 Å². The number of hydrogen-bond acceptors (Lipinski definition) is 4. The van der Waals surface area contributed by atoms with E-state index in [1.807, 2.05) is 0 Å². The molecule has 0 fully saturated rings. The Kier molecular flexibility index (Phi) is 3.76. The van der Waals surface area contributed by atoms with E-state index >= 15 is 0 Å². The summed E-state index contributed by atoms with van der Waals surface area (Å²) in [5.41, 5.74) is 0.995. The number of pyridine rings is 1. The highest BCUT2D eigenvalue weighted by Gasteiger charge is 2.12. The van der Waals surface area contributed by atoms with Gasteiger partial charge in [0.15, 0.2) is 0 Å². The first-order valence-electron chi connectivity index (χ1n) is 6.76. The molecule has 3 aromatic rings. The van der Waals surface area contributed by atoms with Crippen LogP contribution in [0.1, 0.15) is 5.69 Å². The van der Waals surface area contributed by atoms with E-state index in [2.05, 4.69) is 10.3 Å². The molecule has 0 saturated heterocycles. The van der Waals surface area contributed by atoms with E-state index in [1.54, 1.807) is 25.1 Å². The molecule has 7 heteroatoms. The number of fused-ring (bicyclic) bond motifs is 1. The molecule has 0 radical (unpaired) electrons. The van der Waals surface area contributed by atoms with Gasteiger partial charge in [0.2, 0.25) is 5.75 Å². The lowest BCUT2D eigenvalue weighted by Crippen LogP contribution is -2.24. The van der Waals surface area contributed by atoms with Crippen molar-refractivity contribution in [3.63, 3.8) is 0 Å². The third-order valence-electron chi connectivity index (χ3n) is 3.19. The second-order valence-electron chi connectivity index (χ2n) is 4.81. The van der Waals surface area contributed by atoms with Crippen molar-refractivity contribution in [2.45, 2.75) is 6.92 Å². The van der Waals surface area contributed by atoms with Crippen LogP contribution in [0.15, 0.2) is 53.5 Å². The van der Waals surface area contributed by atoms with Crippen LogP contribution in [0.25, 0.3) is 5.65 Å².